The molecule has 1 aromatic rings. The third kappa shape index (κ3) is 3.02. The molecule has 0 fully saturated rings. The highest BCUT2D eigenvalue weighted by molar-refractivity contribution is 9.09. The average Bonchev–Trinajstić information content (AvgIpc) is 2.26. The van der Waals surface area contributed by atoms with Crippen LogP contribution in [0.4, 0.5) is 0 Å². The molecule has 82 valence electrons. The summed E-state index contributed by atoms with van der Waals surface area (Å²) in [7, 11) is 0. The van der Waals surface area contributed by atoms with Gasteiger partial charge in [-0.1, -0.05) is 22.0 Å². The van der Waals surface area contributed by atoms with Crippen molar-refractivity contribution >= 4 is 45.2 Å². The molecule has 1 unspecified atom stereocenters. The Balaban J connectivity index is 3.27. The maximum absolute atomic E-state index is 11.4. The van der Waals surface area contributed by atoms with E-state index in [2.05, 4.69) is 28.1 Å². The molecule has 0 saturated heterocycles. The molecule has 0 saturated carbocycles. The topological polar surface area (TPSA) is 17.1 Å². The van der Waals surface area contributed by atoms with Gasteiger partial charge in [-0.3, -0.25) is 4.79 Å². The molecule has 0 heterocycles. The van der Waals surface area contributed by atoms with E-state index in [1.165, 1.54) is 9.79 Å². The molecule has 0 N–H and O–H groups in total. The second-order valence-corrected chi connectivity index (χ2v) is 5.66. The standard InChI is InChI=1S/C11H13BrOS2/c1-7(13)11(12)10-8(14-2)5-4-6-9(10)15-3/h4-6,11H,1-3H3. The maximum Gasteiger partial charge on any atom is 0.147 e. The van der Waals surface area contributed by atoms with Gasteiger partial charge in [-0.2, -0.15) is 0 Å². The van der Waals surface area contributed by atoms with Crippen molar-refractivity contribution in [1.82, 2.24) is 0 Å². The van der Waals surface area contributed by atoms with Crippen molar-refractivity contribution in [2.24, 2.45) is 0 Å². The SMILES string of the molecule is CSc1cccc(SC)c1C(Br)C(C)=O. The van der Waals surface area contributed by atoms with Crippen molar-refractivity contribution in [2.75, 3.05) is 12.5 Å². The molecule has 0 amide bonds. The van der Waals surface area contributed by atoms with Crippen LogP contribution in [0.25, 0.3) is 0 Å². The average molecular weight is 305 g/mol. The molecular formula is C11H13BrOS2. The summed E-state index contributed by atoms with van der Waals surface area (Å²) in [5, 5.41) is 0. The Morgan fingerprint density at radius 1 is 1.27 bits per heavy atom. The lowest BCUT2D eigenvalue weighted by molar-refractivity contribution is -0.116. The predicted molar refractivity (Wildman–Crippen MR) is 72.4 cm³/mol. The monoisotopic (exact) mass is 304 g/mol. The number of alkyl halides is 1. The number of thioether (sulfide) groups is 2. The summed E-state index contributed by atoms with van der Waals surface area (Å²) in [4.78, 5) is 13.6. The van der Waals surface area contributed by atoms with Crippen LogP contribution < -0.4 is 0 Å². The number of carbonyl (C=O) groups excluding carboxylic acids is 1. The Kier molecular flexibility index (Phi) is 5.23. The van der Waals surface area contributed by atoms with Gasteiger partial charge in [0.1, 0.15) is 5.78 Å². The first-order chi connectivity index (χ1) is 7.11. The molecule has 1 atom stereocenters. The maximum atomic E-state index is 11.4. The number of ketones is 1. The Morgan fingerprint density at radius 2 is 1.73 bits per heavy atom. The molecule has 1 aromatic carbocycles. The minimum absolute atomic E-state index is 0.145. The normalized spacial score (nSPS) is 12.5. The molecular weight excluding hydrogens is 292 g/mol. The molecule has 0 aliphatic carbocycles. The summed E-state index contributed by atoms with van der Waals surface area (Å²) in [6.07, 6.45) is 4.06. The number of halogens is 1. The van der Waals surface area contributed by atoms with E-state index in [9.17, 15) is 4.79 Å². The van der Waals surface area contributed by atoms with Gasteiger partial charge >= 0.3 is 0 Å². The van der Waals surface area contributed by atoms with E-state index in [1.54, 1.807) is 30.4 Å². The first kappa shape index (κ1) is 13.1. The molecule has 0 radical (unpaired) electrons. The van der Waals surface area contributed by atoms with Crippen LogP contribution in [0.5, 0.6) is 0 Å². The van der Waals surface area contributed by atoms with Crippen LogP contribution in [0.15, 0.2) is 28.0 Å². The van der Waals surface area contributed by atoms with Crippen LogP contribution in [-0.4, -0.2) is 18.3 Å². The third-order valence-electron chi connectivity index (χ3n) is 2.08. The molecule has 1 nitrogen and oxygen atoms in total. The van der Waals surface area contributed by atoms with Crippen molar-refractivity contribution < 1.29 is 4.79 Å². The molecule has 0 aliphatic rings. The fraction of sp³-hybridized carbons (Fsp3) is 0.364. The van der Waals surface area contributed by atoms with Crippen molar-refractivity contribution in [3.8, 4) is 0 Å². The Hall–Kier alpha value is 0.0700. The Morgan fingerprint density at radius 3 is 2.07 bits per heavy atom. The van der Waals surface area contributed by atoms with Gasteiger partial charge in [-0.15, -0.1) is 23.5 Å². The largest absolute Gasteiger partial charge is 0.298 e. The summed E-state index contributed by atoms with van der Waals surface area (Å²) in [6.45, 7) is 1.61. The highest BCUT2D eigenvalue weighted by Crippen LogP contribution is 2.38. The number of hydrogen-bond donors (Lipinski definition) is 0. The lowest BCUT2D eigenvalue weighted by Crippen LogP contribution is -2.04. The minimum atomic E-state index is -0.191. The second kappa shape index (κ2) is 5.97. The van der Waals surface area contributed by atoms with E-state index >= 15 is 0 Å². The quantitative estimate of drug-likeness (QED) is 0.614. The van der Waals surface area contributed by atoms with Crippen LogP contribution in [0.2, 0.25) is 0 Å². The second-order valence-electron chi connectivity index (χ2n) is 3.05. The predicted octanol–water partition coefficient (Wildman–Crippen LogP) is 4.16. The molecule has 0 bridgehead atoms. The van der Waals surface area contributed by atoms with Crippen molar-refractivity contribution in [1.29, 1.82) is 0 Å². The van der Waals surface area contributed by atoms with Crippen LogP contribution in [0, 0.1) is 0 Å². The zero-order valence-corrected chi connectivity index (χ0v) is 12.1. The fourth-order valence-corrected chi connectivity index (χ4v) is 3.52. The van der Waals surface area contributed by atoms with E-state index in [0.29, 0.717) is 0 Å². The number of rotatable bonds is 4. The Labute approximate surface area is 108 Å². The van der Waals surface area contributed by atoms with Crippen molar-refractivity contribution in [2.45, 2.75) is 21.5 Å². The molecule has 1 rings (SSSR count). The Bertz CT molecular complexity index is 343. The zero-order chi connectivity index (χ0) is 11.4. The summed E-state index contributed by atoms with van der Waals surface area (Å²) in [6, 6.07) is 6.13. The molecule has 0 aromatic heterocycles. The van der Waals surface area contributed by atoms with Gasteiger partial charge in [0.25, 0.3) is 0 Å². The lowest BCUT2D eigenvalue weighted by atomic mass is 10.1. The highest BCUT2D eigenvalue weighted by Gasteiger charge is 2.19. The van der Waals surface area contributed by atoms with Gasteiger partial charge < -0.3 is 0 Å². The number of benzene rings is 1. The molecule has 4 heteroatoms. The van der Waals surface area contributed by atoms with Crippen LogP contribution >= 0.6 is 39.5 Å². The summed E-state index contributed by atoms with van der Waals surface area (Å²) < 4.78 is 0. The number of hydrogen-bond acceptors (Lipinski definition) is 3. The van der Waals surface area contributed by atoms with Gasteiger partial charge in [-0.25, -0.2) is 0 Å². The van der Waals surface area contributed by atoms with Crippen molar-refractivity contribution in [3.05, 3.63) is 23.8 Å². The summed E-state index contributed by atoms with van der Waals surface area (Å²) in [5.74, 6) is 0.145. The van der Waals surface area contributed by atoms with Crippen LogP contribution in [0.1, 0.15) is 17.3 Å². The minimum Gasteiger partial charge on any atom is -0.298 e. The number of Topliss-reactive ketones (excluding diaryl/α,β-unsaturated/α-hetero) is 1. The van der Waals surface area contributed by atoms with E-state index in [-0.39, 0.29) is 10.6 Å². The molecule has 0 aliphatic heterocycles. The van der Waals surface area contributed by atoms with Gasteiger partial charge in [-0.05, 0) is 31.6 Å². The lowest BCUT2D eigenvalue weighted by Gasteiger charge is -2.15. The van der Waals surface area contributed by atoms with E-state index < -0.39 is 0 Å². The van der Waals surface area contributed by atoms with E-state index in [0.717, 1.165) is 5.56 Å². The first-order valence-corrected chi connectivity index (χ1v) is 7.83. The number of carbonyl (C=O) groups is 1. The first-order valence-electron chi connectivity index (χ1n) is 4.47. The highest BCUT2D eigenvalue weighted by atomic mass is 79.9. The van der Waals surface area contributed by atoms with E-state index in [1.807, 2.05) is 18.6 Å². The van der Waals surface area contributed by atoms with Crippen LogP contribution in [-0.2, 0) is 4.79 Å². The molecule has 0 spiro atoms. The zero-order valence-electron chi connectivity index (χ0n) is 8.91. The van der Waals surface area contributed by atoms with Gasteiger partial charge in [0.05, 0.1) is 4.83 Å². The summed E-state index contributed by atoms with van der Waals surface area (Å²) in [5.41, 5.74) is 1.10. The van der Waals surface area contributed by atoms with Crippen molar-refractivity contribution in [3.63, 3.8) is 0 Å². The van der Waals surface area contributed by atoms with Gasteiger partial charge in [0.15, 0.2) is 0 Å². The van der Waals surface area contributed by atoms with E-state index in [4.69, 9.17) is 0 Å². The molecule has 15 heavy (non-hydrogen) atoms. The van der Waals surface area contributed by atoms with Gasteiger partial charge in [0, 0.05) is 15.4 Å². The summed E-state index contributed by atoms with van der Waals surface area (Å²) >= 11 is 6.81. The van der Waals surface area contributed by atoms with Crippen LogP contribution in [0.3, 0.4) is 0 Å². The van der Waals surface area contributed by atoms with Gasteiger partial charge in [0.2, 0.25) is 0 Å². The third-order valence-corrected chi connectivity index (χ3v) is 4.77. The fourth-order valence-electron chi connectivity index (χ4n) is 1.33. The smallest absolute Gasteiger partial charge is 0.147 e.